The van der Waals surface area contributed by atoms with Gasteiger partial charge in [-0.3, -0.25) is 0 Å². The molecule has 2 N–H and O–H groups in total. The van der Waals surface area contributed by atoms with Gasteiger partial charge in [-0.1, -0.05) is 24.3 Å². The van der Waals surface area contributed by atoms with Gasteiger partial charge in [0.15, 0.2) is 0 Å². The molecule has 0 saturated carbocycles. The van der Waals surface area contributed by atoms with Crippen LogP contribution in [-0.4, -0.2) is 14.2 Å². The number of nitrogens with one attached hydrogen (secondary N) is 2. The summed E-state index contributed by atoms with van der Waals surface area (Å²) < 4.78 is 9.77. The first-order chi connectivity index (χ1) is 18.6. The molecule has 2 radical (unpaired) electrons. The first kappa shape index (κ1) is 36.5. The molecular formula is C34H30N2Nb2O2-14. The maximum Gasteiger partial charge on any atom is 0.118 e. The van der Waals surface area contributed by atoms with Crippen LogP contribution in [0.5, 0.6) is 11.5 Å². The summed E-state index contributed by atoms with van der Waals surface area (Å²) in [5, 5.41) is 0. The van der Waals surface area contributed by atoms with Crippen LogP contribution in [0.1, 0.15) is 0 Å². The molecule has 212 valence electrons. The Bertz CT molecular complexity index is 1120. The molecule has 0 atom stereocenters. The number of hydrogen-bond donors (Lipinski definition) is 0. The molecule has 0 aliphatic carbocycles. The van der Waals surface area contributed by atoms with Gasteiger partial charge in [-0.05, 0) is 24.3 Å². The number of hydrogen-bond acceptors (Lipinski definition) is 2. The van der Waals surface area contributed by atoms with Gasteiger partial charge in [-0.15, -0.1) is 11.4 Å². The minimum Gasteiger partial charge on any atom is -0.999 e. The van der Waals surface area contributed by atoms with E-state index in [1.54, 1.807) is 68.8 Å². The molecule has 0 amide bonds. The molecule has 6 rings (SSSR count). The summed E-state index contributed by atoms with van der Waals surface area (Å²) >= 11 is 0. The second-order valence-electron chi connectivity index (χ2n) is 7.45. The van der Waals surface area contributed by atoms with E-state index in [1.807, 2.05) is 30.3 Å². The first-order valence-corrected chi connectivity index (χ1v) is 11.8. The average Bonchev–Trinajstić information content (AvgIpc) is 3.78. The van der Waals surface area contributed by atoms with E-state index in [0.29, 0.717) is 11.4 Å². The number of ether oxygens (including phenoxy) is 2. The number of benzene rings is 2. The Morgan fingerprint density at radius 1 is 0.650 bits per heavy atom. The molecule has 0 bridgehead atoms. The van der Waals surface area contributed by atoms with Crippen molar-refractivity contribution < 1.29 is 54.2 Å². The Kier molecular flexibility index (Phi) is 21.4. The van der Waals surface area contributed by atoms with Gasteiger partial charge in [-0.25, -0.2) is 12.1 Å². The molecule has 0 aliphatic rings. The third-order valence-corrected chi connectivity index (χ3v) is 4.75. The van der Waals surface area contributed by atoms with Gasteiger partial charge in [0.25, 0.3) is 0 Å². The summed E-state index contributed by atoms with van der Waals surface area (Å²) in [6, 6.07) is 52.6. The second-order valence-corrected chi connectivity index (χ2v) is 7.45. The van der Waals surface area contributed by atoms with E-state index in [1.165, 1.54) is 11.1 Å². The molecule has 0 fully saturated rings. The molecule has 0 unspecified atom stereocenters. The Balaban J connectivity index is 0.000000481. The number of methoxy groups -OCH3 is 2. The van der Waals surface area contributed by atoms with Gasteiger partial charge in [0, 0.05) is 44.8 Å². The van der Waals surface area contributed by atoms with Gasteiger partial charge in [0.05, 0.1) is 14.2 Å². The van der Waals surface area contributed by atoms with E-state index in [4.69, 9.17) is 20.9 Å². The zero-order valence-corrected chi connectivity index (χ0v) is 26.8. The molecule has 6 heteroatoms. The second kappa shape index (κ2) is 23.4. The van der Waals surface area contributed by atoms with Crippen LogP contribution in [0.25, 0.3) is 22.6 Å². The van der Waals surface area contributed by atoms with Gasteiger partial charge >= 0.3 is 0 Å². The van der Waals surface area contributed by atoms with Crippen LogP contribution >= 0.6 is 0 Å². The summed E-state index contributed by atoms with van der Waals surface area (Å²) in [5.74, 6) is 1.59. The average molecular weight is 684 g/mol. The van der Waals surface area contributed by atoms with E-state index < -0.39 is 0 Å². The fraction of sp³-hybridized carbons (Fsp3) is 0.0588. The van der Waals surface area contributed by atoms with Crippen LogP contribution in [0.2, 0.25) is 0 Å². The smallest absolute Gasteiger partial charge is 0.118 e. The summed E-state index contributed by atoms with van der Waals surface area (Å²) in [6.45, 7) is 0. The van der Waals surface area contributed by atoms with Crippen LogP contribution in [0.15, 0.2) is 133 Å². The maximum absolute atomic E-state index is 7.11. The molecule has 0 heterocycles. The predicted octanol–water partition coefficient (Wildman–Crippen LogP) is 9.56. The van der Waals surface area contributed by atoms with Crippen molar-refractivity contribution >= 4 is 11.4 Å². The van der Waals surface area contributed by atoms with E-state index >= 15 is 0 Å². The van der Waals surface area contributed by atoms with Crippen LogP contribution in [0.3, 0.4) is 0 Å². The third-order valence-electron chi connectivity index (χ3n) is 4.75. The summed E-state index contributed by atoms with van der Waals surface area (Å²) in [4.78, 5) is 0. The standard InChI is InChI=1S/C10H8.2C7H8NO.C5H5.C5H.2Nb/c1-2-6-9(5-1)10-7-3-4-8-10;2*1-9-7-4-2-6(8)3-5-7;2*1-2-4-5-3-1;;/h1-8H;2*2-5,8H,1H3;1-5H;1H;;/q-6;3*-1;-5;;. The van der Waals surface area contributed by atoms with Crippen LogP contribution in [-0.2, 0) is 44.8 Å². The topological polar surface area (TPSA) is 66.1 Å². The Morgan fingerprint density at radius 2 is 1.07 bits per heavy atom. The van der Waals surface area contributed by atoms with Crippen LogP contribution < -0.4 is 9.47 Å². The van der Waals surface area contributed by atoms with Crippen molar-refractivity contribution in [3.63, 3.8) is 0 Å². The van der Waals surface area contributed by atoms with Crippen molar-refractivity contribution in [1.29, 1.82) is 0 Å². The van der Waals surface area contributed by atoms with Crippen molar-refractivity contribution in [2.45, 2.75) is 0 Å². The van der Waals surface area contributed by atoms with Crippen molar-refractivity contribution in [1.82, 2.24) is 0 Å². The molecule has 40 heavy (non-hydrogen) atoms. The van der Waals surface area contributed by atoms with Crippen LogP contribution in [0, 0.1) is 24.3 Å². The molecule has 4 nitrogen and oxygen atoms in total. The molecule has 0 aliphatic heterocycles. The predicted molar refractivity (Wildman–Crippen MR) is 156 cm³/mol. The van der Waals surface area contributed by atoms with Crippen molar-refractivity contribution in [3.05, 3.63) is 169 Å². The zero-order valence-electron chi connectivity index (χ0n) is 22.4. The quantitative estimate of drug-likeness (QED) is 0.138. The van der Waals surface area contributed by atoms with E-state index in [2.05, 4.69) is 72.8 Å². The Morgan fingerprint density at radius 3 is 1.38 bits per heavy atom. The van der Waals surface area contributed by atoms with Gasteiger partial charge in [-0.2, -0.15) is 18.2 Å². The number of rotatable bonds is 3. The summed E-state index contributed by atoms with van der Waals surface area (Å²) in [6.07, 6.45) is 0. The van der Waals surface area contributed by atoms with Crippen molar-refractivity contribution in [3.8, 4) is 22.6 Å². The van der Waals surface area contributed by atoms with E-state index in [9.17, 15) is 0 Å². The third kappa shape index (κ3) is 16.5. The Labute approximate surface area is 270 Å². The van der Waals surface area contributed by atoms with Gasteiger partial charge in [0.2, 0.25) is 0 Å². The minimum absolute atomic E-state index is 0. The fourth-order valence-electron chi connectivity index (χ4n) is 2.82. The summed E-state index contributed by atoms with van der Waals surface area (Å²) in [7, 11) is 3.22. The molecule has 0 aromatic heterocycles. The molecule has 6 aromatic rings. The SMILES string of the molecule is COc1ccc([NH-])cc1.COc1ccc([NH-])cc1.[Nb].[Nb].[c-]1[c-][c-][cH-][c-]1.c1cc[c-](-[c-]2[cH-][cH-][cH-][cH-]2)c1.c1cc[cH-]c1. The van der Waals surface area contributed by atoms with Gasteiger partial charge < -0.3 is 111 Å². The van der Waals surface area contributed by atoms with E-state index in [0.717, 1.165) is 11.5 Å². The molecule has 0 spiro atoms. The zero-order chi connectivity index (χ0) is 27.3. The monoisotopic (exact) mass is 684 g/mol. The van der Waals surface area contributed by atoms with Gasteiger partial charge in [0.1, 0.15) is 11.5 Å². The van der Waals surface area contributed by atoms with E-state index in [-0.39, 0.29) is 44.8 Å². The molecular weight excluding hydrogens is 654 g/mol. The fourth-order valence-corrected chi connectivity index (χ4v) is 2.82. The minimum atomic E-state index is 0. The summed E-state index contributed by atoms with van der Waals surface area (Å²) in [5.41, 5.74) is 17.9. The first-order valence-electron chi connectivity index (χ1n) is 11.8. The van der Waals surface area contributed by atoms with Crippen LogP contribution in [0.4, 0.5) is 11.4 Å². The maximum atomic E-state index is 7.11. The largest absolute Gasteiger partial charge is 0.999 e. The normalized spacial score (nSPS) is 8.55. The Hall–Kier alpha value is -3.48. The van der Waals surface area contributed by atoms with Crippen molar-refractivity contribution in [2.24, 2.45) is 0 Å². The van der Waals surface area contributed by atoms with Crippen molar-refractivity contribution in [2.75, 3.05) is 14.2 Å². The molecule has 6 aromatic carbocycles. The molecule has 0 saturated heterocycles.